The Morgan fingerprint density at radius 3 is 2.61 bits per heavy atom. The van der Waals surface area contributed by atoms with E-state index in [0.29, 0.717) is 12.1 Å². The molecule has 3 aromatic carbocycles. The fraction of sp³-hybridized carbons (Fsp3) is 0.231. The normalized spacial score (nSPS) is 16.3. The summed E-state index contributed by atoms with van der Waals surface area (Å²) in [5.41, 5.74) is 3.56. The van der Waals surface area contributed by atoms with Gasteiger partial charge in [-0.3, -0.25) is 9.59 Å². The predicted octanol–water partition coefficient (Wildman–Crippen LogP) is 5.75. The molecule has 0 saturated carbocycles. The molecule has 0 fully saturated rings. The number of carbonyl (C=O) groups is 2. The number of hydrogen-bond acceptors (Lipinski definition) is 3. The maximum atomic E-state index is 13.5. The van der Waals surface area contributed by atoms with Gasteiger partial charge in [0.1, 0.15) is 11.1 Å². The Kier molecular flexibility index (Phi) is 7.05. The van der Waals surface area contributed by atoms with Crippen LogP contribution in [0.4, 0.5) is 10.1 Å². The van der Waals surface area contributed by atoms with Crippen LogP contribution >= 0.6 is 23.4 Å². The highest BCUT2D eigenvalue weighted by atomic mass is 35.5. The van der Waals surface area contributed by atoms with Crippen LogP contribution in [0.2, 0.25) is 5.02 Å². The summed E-state index contributed by atoms with van der Waals surface area (Å²) < 4.78 is 13.5. The molecule has 4 nitrogen and oxygen atoms in total. The summed E-state index contributed by atoms with van der Waals surface area (Å²) in [7, 11) is 0. The maximum Gasteiger partial charge on any atom is 0.241 e. The van der Waals surface area contributed by atoms with E-state index >= 15 is 0 Å². The van der Waals surface area contributed by atoms with Crippen molar-refractivity contribution in [2.45, 2.75) is 37.1 Å². The number of carbonyl (C=O) groups excluding carboxylic acids is 2. The standard InChI is InChI=1S/C26H24ClFN2O2S/c1-16-7-9-18(10-8-16)14-29-25(31)17(2)24-26(32)30(22-5-3-4-6-23(22)33-24)15-19-11-12-20(28)13-21(19)27/h3-13,17,24H,14-15H2,1-2H3,(H,29,31)/t17-,24+/m0/s1. The lowest BCUT2D eigenvalue weighted by Crippen LogP contribution is -2.47. The molecule has 0 radical (unpaired) electrons. The number of anilines is 1. The molecular formula is C26H24ClFN2O2S. The second kappa shape index (κ2) is 9.98. The second-order valence-electron chi connectivity index (χ2n) is 8.16. The zero-order chi connectivity index (χ0) is 23.5. The molecule has 3 aromatic rings. The van der Waals surface area contributed by atoms with Crippen molar-refractivity contribution in [3.63, 3.8) is 0 Å². The molecule has 2 amide bonds. The van der Waals surface area contributed by atoms with Crippen LogP contribution in [-0.4, -0.2) is 17.1 Å². The third-order valence-electron chi connectivity index (χ3n) is 5.72. The van der Waals surface area contributed by atoms with E-state index in [-0.39, 0.29) is 23.4 Å². The molecule has 4 rings (SSSR count). The molecule has 0 bridgehead atoms. The van der Waals surface area contributed by atoms with E-state index in [9.17, 15) is 14.0 Å². The number of benzene rings is 3. The number of fused-ring (bicyclic) bond motifs is 1. The van der Waals surface area contributed by atoms with Gasteiger partial charge in [0.15, 0.2) is 0 Å². The van der Waals surface area contributed by atoms with Crippen molar-refractivity contribution in [2.24, 2.45) is 5.92 Å². The van der Waals surface area contributed by atoms with Crippen LogP contribution < -0.4 is 10.2 Å². The van der Waals surface area contributed by atoms with Gasteiger partial charge in [0, 0.05) is 16.5 Å². The van der Waals surface area contributed by atoms with Gasteiger partial charge < -0.3 is 10.2 Å². The van der Waals surface area contributed by atoms with E-state index in [1.54, 1.807) is 17.9 Å². The molecular weight excluding hydrogens is 459 g/mol. The quantitative estimate of drug-likeness (QED) is 0.487. The highest BCUT2D eigenvalue weighted by molar-refractivity contribution is 8.01. The molecule has 2 atom stereocenters. The van der Waals surface area contributed by atoms with Crippen molar-refractivity contribution in [1.29, 1.82) is 0 Å². The third-order valence-corrected chi connectivity index (χ3v) is 7.53. The summed E-state index contributed by atoms with van der Waals surface area (Å²) in [5, 5.41) is 2.63. The number of halogens is 2. The van der Waals surface area contributed by atoms with Gasteiger partial charge in [-0.25, -0.2) is 4.39 Å². The molecule has 0 saturated heterocycles. The van der Waals surface area contributed by atoms with Crippen LogP contribution in [-0.2, 0) is 22.7 Å². The Hall–Kier alpha value is -2.83. The lowest BCUT2D eigenvalue weighted by Gasteiger charge is -2.36. The van der Waals surface area contributed by atoms with Gasteiger partial charge in [0.2, 0.25) is 11.8 Å². The van der Waals surface area contributed by atoms with Crippen molar-refractivity contribution in [3.8, 4) is 0 Å². The molecule has 1 aliphatic rings. The molecule has 7 heteroatoms. The minimum atomic E-state index is -0.586. The molecule has 1 heterocycles. The Morgan fingerprint density at radius 2 is 1.88 bits per heavy atom. The van der Waals surface area contributed by atoms with E-state index in [0.717, 1.165) is 21.7 Å². The minimum absolute atomic E-state index is 0.169. The summed E-state index contributed by atoms with van der Waals surface area (Å²) in [6.45, 7) is 4.39. The Morgan fingerprint density at radius 1 is 1.15 bits per heavy atom. The average Bonchev–Trinajstić information content (AvgIpc) is 2.81. The largest absolute Gasteiger partial charge is 0.352 e. The van der Waals surface area contributed by atoms with E-state index in [1.165, 1.54) is 23.9 Å². The number of thioether (sulfide) groups is 1. The number of nitrogens with one attached hydrogen (secondary N) is 1. The number of rotatable bonds is 6. The molecule has 0 spiro atoms. The number of nitrogens with zero attached hydrogens (tertiary/aromatic N) is 1. The van der Waals surface area contributed by atoms with E-state index < -0.39 is 17.0 Å². The van der Waals surface area contributed by atoms with Crippen molar-refractivity contribution >= 4 is 40.9 Å². The van der Waals surface area contributed by atoms with Crippen LogP contribution in [0.5, 0.6) is 0 Å². The highest BCUT2D eigenvalue weighted by Gasteiger charge is 2.39. The number of para-hydroxylation sites is 1. The zero-order valence-corrected chi connectivity index (χ0v) is 19.9. The lowest BCUT2D eigenvalue weighted by atomic mass is 10.0. The van der Waals surface area contributed by atoms with Crippen molar-refractivity contribution in [2.75, 3.05) is 4.90 Å². The Balaban J connectivity index is 1.54. The summed E-state index contributed by atoms with van der Waals surface area (Å²) in [5.74, 6) is -1.33. The summed E-state index contributed by atoms with van der Waals surface area (Å²) in [6.07, 6.45) is 0. The first-order valence-electron chi connectivity index (χ1n) is 10.7. The van der Waals surface area contributed by atoms with Crippen molar-refractivity contribution in [1.82, 2.24) is 5.32 Å². The monoisotopic (exact) mass is 482 g/mol. The Bertz CT molecular complexity index is 1190. The molecule has 1 aliphatic heterocycles. The first kappa shape index (κ1) is 23.3. The first-order chi connectivity index (χ1) is 15.8. The molecule has 170 valence electrons. The predicted molar refractivity (Wildman–Crippen MR) is 131 cm³/mol. The van der Waals surface area contributed by atoms with Crippen LogP contribution in [0.15, 0.2) is 71.6 Å². The summed E-state index contributed by atoms with van der Waals surface area (Å²) in [4.78, 5) is 29.0. The van der Waals surface area contributed by atoms with Gasteiger partial charge in [-0.15, -0.1) is 11.8 Å². The van der Waals surface area contributed by atoms with E-state index in [1.807, 2.05) is 55.5 Å². The smallest absolute Gasteiger partial charge is 0.241 e. The van der Waals surface area contributed by atoms with Crippen LogP contribution in [0.25, 0.3) is 0 Å². The number of hydrogen-bond donors (Lipinski definition) is 1. The molecule has 33 heavy (non-hydrogen) atoms. The topological polar surface area (TPSA) is 49.4 Å². The second-order valence-corrected chi connectivity index (χ2v) is 9.75. The molecule has 0 unspecified atom stereocenters. The first-order valence-corrected chi connectivity index (χ1v) is 11.9. The fourth-order valence-electron chi connectivity index (χ4n) is 3.73. The maximum absolute atomic E-state index is 13.5. The van der Waals surface area contributed by atoms with Gasteiger partial charge >= 0.3 is 0 Å². The van der Waals surface area contributed by atoms with Crippen LogP contribution in [0, 0.1) is 18.7 Å². The molecule has 0 aromatic heterocycles. The van der Waals surface area contributed by atoms with Gasteiger partial charge in [-0.05, 0) is 42.3 Å². The Labute approximate surface area is 202 Å². The van der Waals surface area contributed by atoms with E-state index in [4.69, 9.17) is 11.6 Å². The average molecular weight is 483 g/mol. The minimum Gasteiger partial charge on any atom is -0.352 e. The van der Waals surface area contributed by atoms with Gasteiger partial charge in [0.05, 0.1) is 18.2 Å². The van der Waals surface area contributed by atoms with Crippen molar-refractivity contribution in [3.05, 3.63) is 94.3 Å². The number of aryl methyl sites for hydroxylation is 1. The molecule has 1 N–H and O–H groups in total. The van der Waals surface area contributed by atoms with Crippen LogP contribution in [0.1, 0.15) is 23.6 Å². The number of amides is 2. The van der Waals surface area contributed by atoms with Gasteiger partial charge in [0.25, 0.3) is 0 Å². The summed E-state index contributed by atoms with van der Waals surface area (Å²) in [6, 6.07) is 19.7. The lowest BCUT2D eigenvalue weighted by molar-refractivity contribution is -0.128. The third kappa shape index (κ3) is 5.23. The SMILES string of the molecule is Cc1ccc(CNC(=O)[C@@H](C)[C@H]2Sc3ccccc3N(Cc3ccc(F)cc3Cl)C2=O)cc1. The van der Waals surface area contributed by atoms with Crippen molar-refractivity contribution < 1.29 is 14.0 Å². The summed E-state index contributed by atoms with van der Waals surface area (Å²) >= 11 is 7.64. The fourth-order valence-corrected chi connectivity index (χ4v) is 5.24. The van der Waals surface area contributed by atoms with Gasteiger partial charge in [-0.2, -0.15) is 0 Å². The van der Waals surface area contributed by atoms with Gasteiger partial charge in [-0.1, -0.05) is 66.6 Å². The van der Waals surface area contributed by atoms with E-state index in [2.05, 4.69) is 5.32 Å². The highest BCUT2D eigenvalue weighted by Crippen LogP contribution is 2.42. The zero-order valence-electron chi connectivity index (χ0n) is 18.3. The van der Waals surface area contributed by atoms with Crippen LogP contribution in [0.3, 0.4) is 0 Å². The molecule has 0 aliphatic carbocycles.